The molecule has 0 radical (unpaired) electrons. The molecule has 0 unspecified atom stereocenters. The average Bonchev–Trinajstić information content (AvgIpc) is 2.85. The first kappa shape index (κ1) is 17.5. The first-order valence-electron chi connectivity index (χ1n) is 6.84. The monoisotopic (exact) mass is 432 g/mol. The van der Waals surface area contributed by atoms with Gasteiger partial charge in [-0.2, -0.15) is 0 Å². The summed E-state index contributed by atoms with van der Waals surface area (Å²) < 4.78 is 10.7. The molecule has 1 aromatic carbocycles. The molecule has 0 saturated carbocycles. The van der Waals surface area contributed by atoms with Crippen molar-refractivity contribution in [3.63, 3.8) is 0 Å². The van der Waals surface area contributed by atoms with Crippen molar-refractivity contribution >= 4 is 40.2 Å². The van der Waals surface area contributed by atoms with Crippen LogP contribution in [0.2, 0.25) is 0 Å². The summed E-state index contributed by atoms with van der Waals surface area (Å²) in [6.45, 7) is 0.0961. The molecule has 0 fully saturated rings. The summed E-state index contributed by atoms with van der Waals surface area (Å²) in [5, 5.41) is 12.0. The molecule has 1 aromatic rings. The molecule has 7 nitrogen and oxygen atoms in total. The van der Waals surface area contributed by atoms with Gasteiger partial charge in [-0.1, -0.05) is 0 Å². The topological polar surface area (TPSA) is 88.1 Å². The minimum absolute atomic E-state index is 0.112. The number of amides is 1. The van der Waals surface area contributed by atoms with Crippen molar-refractivity contribution < 1.29 is 24.2 Å². The van der Waals surface area contributed by atoms with E-state index in [4.69, 9.17) is 14.6 Å². The quantitative estimate of drug-likeness (QED) is 0.515. The number of aliphatic hydroxyl groups excluding tert-OH is 1. The lowest BCUT2D eigenvalue weighted by molar-refractivity contribution is -0.136. The number of anilines is 1. The van der Waals surface area contributed by atoms with Gasteiger partial charge in [0.15, 0.2) is 0 Å². The Morgan fingerprint density at radius 1 is 1.43 bits per heavy atom. The highest BCUT2D eigenvalue weighted by Gasteiger charge is 2.34. The van der Waals surface area contributed by atoms with E-state index in [1.807, 2.05) is 6.07 Å². The molecule has 1 aliphatic heterocycles. The van der Waals surface area contributed by atoms with E-state index in [1.54, 1.807) is 19.2 Å². The second-order valence-electron chi connectivity index (χ2n) is 4.77. The molecule has 8 heteroatoms. The number of halogens is 1. The number of aliphatic hydroxyl groups is 1. The van der Waals surface area contributed by atoms with Gasteiger partial charge in [0.1, 0.15) is 11.4 Å². The Morgan fingerprint density at radius 2 is 2.17 bits per heavy atom. The lowest BCUT2D eigenvalue weighted by atomic mass is 10.2. The fraction of sp³-hybridized carbons (Fsp3) is 0.333. The van der Waals surface area contributed by atoms with Gasteiger partial charge in [-0.15, -0.1) is 0 Å². The van der Waals surface area contributed by atoms with Gasteiger partial charge in [0.25, 0.3) is 5.91 Å². The second-order valence-corrected chi connectivity index (χ2v) is 5.93. The van der Waals surface area contributed by atoms with Crippen LogP contribution in [0, 0.1) is 3.57 Å². The molecule has 0 aliphatic carbocycles. The van der Waals surface area contributed by atoms with E-state index < -0.39 is 5.97 Å². The van der Waals surface area contributed by atoms with Gasteiger partial charge in [0.2, 0.25) is 0 Å². The Balaban J connectivity index is 2.33. The van der Waals surface area contributed by atoms with Crippen molar-refractivity contribution in [3.8, 4) is 5.75 Å². The molecule has 0 saturated heterocycles. The maximum Gasteiger partial charge on any atom is 0.337 e. The summed E-state index contributed by atoms with van der Waals surface area (Å²) in [5.74, 6) is -0.211. The molecule has 124 valence electrons. The summed E-state index contributed by atoms with van der Waals surface area (Å²) in [6.07, 6.45) is 0. The van der Waals surface area contributed by atoms with Crippen molar-refractivity contribution in [2.24, 2.45) is 0 Å². The van der Waals surface area contributed by atoms with E-state index in [1.165, 1.54) is 12.0 Å². The minimum Gasteiger partial charge on any atom is -0.497 e. The number of methoxy groups -OCH3 is 2. The van der Waals surface area contributed by atoms with Crippen LogP contribution in [0.15, 0.2) is 29.5 Å². The number of benzene rings is 1. The first-order valence-corrected chi connectivity index (χ1v) is 7.91. The molecule has 0 atom stereocenters. The van der Waals surface area contributed by atoms with Crippen molar-refractivity contribution in [3.05, 3.63) is 33.0 Å². The SMILES string of the molecule is COC(=O)C1=C(Nc2ccc(OC)cc2I)C(=O)N(CCO)C1. The normalized spacial score (nSPS) is 14.3. The number of carbonyl (C=O) groups excluding carboxylic acids is 2. The summed E-state index contributed by atoms with van der Waals surface area (Å²) in [6, 6.07) is 5.34. The van der Waals surface area contributed by atoms with Gasteiger partial charge in [0, 0.05) is 10.1 Å². The zero-order valence-corrected chi connectivity index (χ0v) is 14.9. The van der Waals surface area contributed by atoms with E-state index in [-0.39, 0.29) is 36.9 Å². The largest absolute Gasteiger partial charge is 0.497 e. The van der Waals surface area contributed by atoms with Gasteiger partial charge in [0.05, 0.1) is 38.6 Å². The van der Waals surface area contributed by atoms with Gasteiger partial charge >= 0.3 is 5.97 Å². The number of nitrogens with one attached hydrogen (secondary N) is 1. The highest BCUT2D eigenvalue weighted by molar-refractivity contribution is 14.1. The number of hydrogen-bond donors (Lipinski definition) is 2. The Labute approximate surface area is 147 Å². The number of ether oxygens (including phenoxy) is 2. The van der Waals surface area contributed by atoms with Crippen LogP contribution in [0.25, 0.3) is 0 Å². The first-order chi connectivity index (χ1) is 11.0. The highest BCUT2D eigenvalue weighted by Crippen LogP contribution is 2.28. The van der Waals surface area contributed by atoms with Gasteiger partial charge < -0.3 is 24.8 Å². The number of hydrogen-bond acceptors (Lipinski definition) is 6. The maximum absolute atomic E-state index is 12.4. The Kier molecular flexibility index (Phi) is 5.83. The summed E-state index contributed by atoms with van der Waals surface area (Å²) >= 11 is 2.11. The van der Waals surface area contributed by atoms with Gasteiger partial charge in [-0.05, 0) is 40.8 Å². The predicted molar refractivity (Wildman–Crippen MR) is 92.0 cm³/mol. The number of β-amino-alcohol motifs (C(OH)–C–C–N with tert-alkyl or cyclic N) is 1. The van der Waals surface area contributed by atoms with Crippen molar-refractivity contribution in [2.75, 3.05) is 39.2 Å². The van der Waals surface area contributed by atoms with Crippen LogP contribution in [0.4, 0.5) is 5.69 Å². The lowest BCUT2D eigenvalue weighted by Crippen LogP contribution is -2.31. The fourth-order valence-electron chi connectivity index (χ4n) is 2.21. The molecule has 1 heterocycles. The standard InChI is InChI=1S/C15H17IN2O5/c1-22-9-3-4-12(11(16)7-9)17-13-10(15(21)23-2)8-18(5-6-19)14(13)20/h3-4,7,17,19H,5-6,8H2,1-2H3. The Morgan fingerprint density at radius 3 is 2.74 bits per heavy atom. The zero-order valence-electron chi connectivity index (χ0n) is 12.8. The third-order valence-electron chi connectivity index (χ3n) is 3.39. The maximum atomic E-state index is 12.4. The molecule has 0 aromatic heterocycles. The third-order valence-corrected chi connectivity index (χ3v) is 4.28. The Bertz CT molecular complexity index is 659. The molecule has 0 bridgehead atoms. The number of nitrogens with zero attached hydrogens (tertiary/aromatic N) is 1. The van der Waals surface area contributed by atoms with E-state index in [0.717, 1.165) is 3.57 Å². The van der Waals surface area contributed by atoms with E-state index in [0.29, 0.717) is 11.4 Å². The number of rotatable bonds is 6. The lowest BCUT2D eigenvalue weighted by Gasteiger charge is -2.15. The van der Waals surface area contributed by atoms with E-state index >= 15 is 0 Å². The molecule has 23 heavy (non-hydrogen) atoms. The average molecular weight is 432 g/mol. The molecule has 2 rings (SSSR count). The minimum atomic E-state index is -0.565. The van der Waals surface area contributed by atoms with Crippen LogP contribution in [0.3, 0.4) is 0 Å². The highest BCUT2D eigenvalue weighted by atomic mass is 127. The molecular formula is C15H17IN2O5. The summed E-state index contributed by atoms with van der Waals surface area (Å²) in [7, 11) is 2.84. The van der Waals surface area contributed by atoms with Crippen molar-refractivity contribution in [1.29, 1.82) is 0 Å². The van der Waals surface area contributed by atoms with Crippen LogP contribution in [0.1, 0.15) is 0 Å². The Hall–Kier alpha value is -1.81. The van der Waals surface area contributed by atoms with Crippen LogP contribution in [0.5, 0.6) is 5.75 Å². The summed E-state index contributed by atoms with van der Waals surface area (Å²) in [4.78, 5) is 25.7. The smallest absolute Gasteiger partial charge is 0.337 e. The van der Waals surface area contributed by atoms with Crippen LogP contribution in [-0.4, -0.2) is 55.8 Å². The van der Waals surface area contributed by atoms with Crippen LogP contribution >= 0.6 is 22.6 Å². The van der Waals surface area contributed by atoms with Crippen molar-refractivity contribution in [1.82, 2.24) is 4.90 Å². The number of esters is 1. The van der Waals surface area contributed by atoms with Gasteiger partial charge in [-0.25, -0.2) is 4.79 Å². The molecule has 1 aliphatic rings. The fourth-order valence-corrected chi connectivity index (χ4v) is 2.83. The number of carbonyl (C=O) groups is 2. The molecular weight excluding hydrogens is 415 g/mol. The predicted octanol–water partition coefficient (Wildman–Crippen LogP) is 0.973. The third kappa shape index (κ3) is 3.75. The molecule has 2 N–H and O–H groups in total. The molecule has 1 amide bonds. The summed E-state index contributed by atoms with van der Waals surface area (Å²) in [5.41, 5.74) is 1.10. The molecule has 0 spiro atoms. The second kappa shape index (κ2) is 7.64. The van der Waals surface area contributed by atoms with E-state index in [9.17, 15) is 9.59 Å². The van der Waals surface area contributed by atoms with E-state index in [2.05, 4.69) is 27.9 Å². The van der Waals surface area contributed by atoms with Crippen LogP contribution in [-0.2, 0) is 14.3 Å². The van der Waals surface area contributed by atoms with Crippen LogP contribution < -0.4 is 10.1 Å². The zero-order chi connectivity index (χ0) is 17.0. The van der Waals surface area contributed by atoms with Crippen molar-refractivity contribution in [2.45, 2.75) is 0 Å². The van der Waals surface area contributed by atoms with Gasteiger partial charge in [-0.3, -0.25) is 4.79 Å².